The standard InChI is InChI=1S/C31H54O12Si2/c1-17-23(37-18(2)32)25(38-19(3)33)26(39-20(4)34)27(40-21(5)35)28(41-22(6)36)29(43-45(15,16)31(10,11)12)24(17)42-44(13,14)30(7,8)9/h23-29H,1H2,2-16H3/t23-,24-,25-,26-,27+,28+,29+/m1/s1. The topological polar surface area (TPSA) is 150 Å². The lowest BCUT2D eigenvalue weighted by Crippen LogP contribution is -2.67. The molecule has 1 aliphatic carbocycles. The summed E-state index contributed by atoms with van der Waals surface area (Å²) in [6, 6.07) is 0. The Morgan fingerprint density at radius 2 is 0.778 bits per heavy atom. The first-order valence-corrected chi connectivity index (χ1v) is 20.8. The minimum Gasteiger partial charge on any atom is -0.456 e. The fourth-order valence-corrected chi connectivity index (χ4v) is 6.96. The smallest absolute Gasteiger partial charge is 0.303 e. The molecule has 1 saturated carbocycles. The van der Waals surface area contributed by atoms with Gasteiger partial charge in [-0.15, -0.1) is 0 Å². The molecule has 0 unspecified atom stereocenters. The van der Waals surface area contributed by atoms with E-state index in [2.05, 4.69) is 6.58 Å². The summed E-state index contributed by atoms with van der Waals surface area (Å²) in [5.41, 5.74) is 0.126. The highest BCUT2D eigenvalue weighted by molar-refractivity contribution is 6.74. The van der Waals surface area contributed by atoms with Gasteiger partial charge < -0.3 is 32.5 Å². The van der Waals surface area contributed by atoms with Crippen LogP contribution in [0.5, 0.6) is 0 Å². The lowest BCUT2D eigenvalue weighted by Gasteiger charge is -2.51. The average molecular weight is 675 g/mol. The molecule has 0 aromatic rings. The zero-order valence-electron chi connectivity index (χ0n) is 29.6. The van der Waals surface area contributed by atoms with E-state index in [1.165, 1.54) is 6.92 Å². The average Bonchev–Trinajstić information content (AvgIpc) is 2.81. The van der Waals surface area contributed by atoms with E-state index < -0.39 is 89.2 Å². The first-order valence-electron chi connectivity index (χ1n) is 15.0. The molecular formula is C31H54O12Si2. The molecule has 1 aliphatic rings. The Morgan fingerprint density at radius 3 is 1.11 bits per heavy atom. The van der Waals surface area contributed by atoms with Crippen molar-refractivity contribution < 1.29 is 56.5 Å². The van der Waals surface area contributed by atoms with Crippen molar-refractivity contribution in [1.29, 1.82) is 0 Å². The van der Waals surface area contributed by atoms with Gasteiger partial charge in [-0.3, -0.25) is 24.0 Å². The van der Waals surface area contributed by atoms with Crippen LogP contribution in [0.1, 0.15) is 76.2 Å². The molecule has 0 aromatic carbocycles. The van der Waals surface area contributed by atoms with Gasteiger partial charge in [0.2, 0.25) is 0 Å². The summed E-state index contributed by atoms with van der Waals surface area (Å²) < 4.78 is 42.7. The Kier molecular flexibility index (Phi) is 13.4. The van der Waals surface area contributed by atoms with Gasteiger partial charge in [-0.1, -0.05) is 48.1 Å². The highest BCUT2D eigenvalue weighted by Gasteiger charge is 2.59. The van der Waals surface area contributed by atoms with Crippen molar-refractivity contribution >= 4 is 46.5 Å². The molecule has 1 rings (SSSR count). The van der Waals surface area contributed by atoms with Gasteiger partial charge in [0.05, 0.1) is 6.10 Å². The van der Waals surface area contributed by atoms with E-state index in [-0.39, 0.29) is 15.6 Å². The zero-order chi connectivity index (χ0) is 35.5. The van der Waals surface area contributed by atoms with E-state index in [1.54, 1.807) is 0 Å². The number of hydrogen-bond acceptors (Lipinski definition) is 12. The van der Waals surface area contributed by atoms with Gasteiger partial charge in [-0.25, -0.2) is 0 Å². The fraction of sp³-hybridized carbons (Fsp3) is 0.774. The third kappa shape index (κ3) is 10.8. The molecule has 12 nitrogen and oxygen atoms in total. The Bertz CT molecular complexity index is 1130. The molecule has 7 atom stereocenters. The fourth-order valence-electron chi connectivity index (χ4n) is 4.39. The second-order valence-corrected chi connectivity index (χ2v) is 24.1. The summed E-state index contributed by atoms with van der Waals surface area (Å²) in [6.45, 7) is 30.1. The van der Waals surface area contributed by atoms with E-state index in [0.29, 0.717) is 0 Å². The Labute approximate surface area is 270 Å². The van der Waals surface area contributed by atoms with Gasteiger partial charge in [0.1, 0.15) is 6.10 Å². The molecule has 0 radical (unpaired) electrons. The van der Waals surface area contributed by atoms with Gasteiger partial charge in [0.25, 0.3) is 0 Å². The molecule has 0 aromatic heterocycles. The lowest BCUT2D eigenvalue weighted by molar-refractivity contribution is -0.223. The molecule has 0 amide bonds. The molecule has 258 valence electrons. The van der Waals surface area contributed by atoms with Crippen LogP contribution >= 0.6 is 0 Å². The number of rotatable bonds is 9. The monoisotopic (exact) mass is 674 g/mol. The summed E-state index contributed by atoms with van der Waals surface area (Å²) >= 11 is 0. The van der Waals surface area contributed by atoms with Crippen LogP contribution < -0.4 is 0 Å². The van der Waals surface area contributed by atoms with Crippen LogP contribution in [-0.2, 0) is 56.5 Å². The van der Waals surface area contributed by atoms with Crippen LogP contribution in [0.4, 0.5) is 0 Å². The van der Waals surface area contributed by atoms with Crippen molar-refractivity contribution in [2.45, 2.75) is 155 Å². The molecule has 0 saturated heterocycles. The second-order valence-electron chi connectivity index (χ2n) is 14.5. The summed E-state index contributed by atoms with van der Waals surface area (Å²) in [6.07, 6.45) is -10.0. The van der Waals surface area contributed by atoms with E-state index >= 15 is 0 Å². The van der Waals surface area contributed by atoms with E-state index in [9.17, 15) is 24.0 Å². The maximum absolute atomic E-state index is 12.8. The normalized spacial score (nSPS) is 26.6. The van der Waals surface area contributed by atoms with Crippen molar-refractivity contribution in [2.24, 2.45) is 0 Å². The number of ether oxygens (including phenoxy) is 5. The van der Waals surface area contributed by atoms with Gasteiger partial charge in [-0.2, -0.15) is 0 Å². The molecule has 45 heavy (non-hydrogen) atoms. The van der Waals surface area contributed by atoms with E-state index in [1.807, 2.05) is 67.7 Å². The zero-order valence-corrected chi connectivity index (χ0v) is 31.6. The minimum absolute atomic E-state index is 0.126. The predicted molar refractivity (Wildman–Crippen MR) is 171 cm³/mol. The number of esters is 5. The summed E-state index contributed by atoms with van der Waals surface area (Å²) in [5, 5.41) is -0.698. The third-order valence-corrected chi connectivity index (χ3v) is 17.5. The van der Waals surface area contributed by atoms with Crippen LogP contribution in [0.25, 0.3) is 0 Å². The van der Waals surface area contributed by atoms with Crippen molar-refractivity contribution in [1.82, 2.24) is 0 Å². The highest BCUT2D eigenvalue weighted by Crippen LogP contribution is 2.45. The first-order chi connectivity index (χ1) is 20.1. The van der Waals surface area contributed by atoms with Crippen molar-refractivity contribution in [3.8, 4) is 0 Å². The van der Waals surface area contributed by atoms with Crippen LogP contribution in [0.2, 0.25) is 36.3 Å². The molecule has 0 heterocycles. The molecule has 1 fully saturated rings. The summed E-state index contributed by atoms with van der Waals surface area (Å²) in [4.78, 5) is 63.0. The van der Waals surface area contributed by atoms with Crippen molar-refractivity contribution in [2.75, 3.05) is 0 Å². The summed E-state index contributed by atoms with van der Waals surface area (Å²) in [7, 11) is -5.51. The van der Waals surface area contributed by atoms with Gasteiger partial charge in [0.15, 0.2) is 47.2 Å². The molecule has 0 N–H and O–H groups in total. The van der Waals surface area contributed by atoms with E-state index in [0.717, 1.165) is 27.7 Å². The maximum atomic E-state index is 12.8. The van der Waals surface area contributed by atoms with Gasteiger partial charge >= 0.3 is 29.8 Å². The third-order valence-electron chi connectivity index (χ3n) is 8.59. The Hall–Kier alpha value is -2.56. The van der Waals surface area contributed by atoms with Gasteiger partial charge in [-0.05, 0) is 41.8 Å². The van der Waals surface area contributed by atoms with Crippen LogP contribution in [0, 0.1) is 0 Å². The molecule has 0 spiro atoms. The minimum atomic E-state index is -2.78. The number of carbonyl (C=O) groups excluding carboxylic acids is 5. The van der Waals surface area contributed by atoms with Gasteiger partial charge in [0, 0.05) is 34.6 Å². The van der Waals surface area contributed by atoms with Crippen LogP contribution in [0.3, 0.4) is 0 Å². The maximum Gasteiger partial charge on any atom is 0.303 e. The SMILES string of the molecule is C=C1[C@@H](O[Si](C)(C)C(C)(C)C)[C@H](O[Si](C)(C)C(C)(C)C)[C@@H](OC(C)=O)[C@@H](OC(C)=O)[C@H](OC(C)=O)[C@H](OC(C)=O)[C@@H]1OC(C)=O. The largest absolute Gasteiger partial charge is 0.456 e. The lowest BCUT2D eigenvalue weighted by atomic mass is 9.83. The van der Waals surface area contributed by atoms with Crippen molar-refractivity contribution in [3.63, 3.8) is 0 Å². The summed E-state index contributed by atoms with van der Waals surface area (Å²) in [5.74, 6) is -3.97. The predicted octanol–water partition coefficient (Wildman–Crippen LogP) is 5.00. The molecule has 14 heteroatoms. The number of hydrogen-bond donors (Lipinski definition) is 0. The molecular weight excluding hydrogens is 621 g/mol. The highest BCUT2D eigenvalue weighted by atomic mass is 28.4. The molecule has 0 bridgehead atoms. The molecule has 0 aliphatic heterocycles. The Balaban J connectivity index is 4.41. The second kappa shape index (κ2) is 14.9. The quantitative estimate of drug-likeness (QED) is 0.140. The van der Waals surface area contributed by atoms with Crippen LogP contribution in [-0.4, -0.2) is 89.2 Å². The van der Waals surface area contributed by atoms with Crippen LogP contribution in [0.15, 0.2) is 12.2 Å². The first kappa shape index (κ1) is 40.5. The number of carbonyl (C=O) groups is 5. The van der Waals surface area contributed by atoms with Crippen molar-refractivity contribution in [3.05, 3.63) is 12.2 Å². The Morgan fingerprint density at radius 1 is 0.489 bits per heavy atom. The van der Waals surface area contributed by atoms with E-state index in [4.69, 9.17) is 32.5 Å².